The summed E-state index contributed by atoms with van der Waals surface area (Å²) in [4.78, 5) is 40.1. The molecule has 1 atom stereocenters. The first-order chi connectivity index (χ1) is 14.8. The molecule has 9 heteroatoms. The molecule has 2 N–H and O–H groups in total. The van der Waals surface area contributed by atoms with E-state index in [9.17, 15) is 14.4 Å². The largest absolute Gasteiger partial charge is 0.465 e. The van der Waals surface area contributed by atoms with Gasteiger partial charge in [-0.15, -0.1) is 0 Å². The van der Waals surface area contributed by atoms with Gasteiger partial charge in [0, 0.05) is 19.2 Å². The summed E-state index contributed by atoms with van der Waals surface area (Å²) in [7, 11) is 1.62. The summed E-state index contributed by atoms with van der Waals surface area (Å²) in [5.41, 5.74) is -0.645. The van der Waals surface area contributed by atoms with Crippen LogP contribution in [0.5, 0.6) is 0 Å². The summed E-state index contributed by atoms with van der Waals surface area (Å²) >= 11 is 0. The number of aryl methyl sites for hydroxylation is 1. The Labute approximate surface area is 181 Å². The highest BCUT2D eigenvalue weighted by molar-refractivity contribution is 6.01. The van der Waals surface area contributed by atoms with Crippen molar-refractivity contribution in [3.8, 4) is 0 Å². The van der Waals surface area contributed by atoms with Crippen LogP contribution in [0.4, 0.5) is 0 Å². The van der Waals surface area contributed by atoms with Gasteiger partial charge in [-0.2, -0.15) is 5.10 Å². The number of carbonyl (C=O) groups is 3. The molecule has 0 bridgehead atoms. The van der Waals surface area contributed by atoms with Crippen LogP contribution in [-0.2, 0) is 17.9 Å². The van der Waals surface area contributed by atoms with Gasteiger partial charge in [0.1, 0.15) is 22.8 Å². The van der Waals surface area contributed by atoms with Gasteiger partial charge in [-0.3, -0.25) is 19.1 Å². The topological polar surface area (TPSA) is 109 Å². The minimum atomic E-state index is -1.08. The molecular weight excluding hydrogens is 398 g/mol. The fourth-order valence-corrected chi connectivity index (χ4v) is 4.26. The molecular formula is C22H29N5O4. The van der Waals surface area contributed by atoms with Crippen LogP contribution in [0.1, 0.15) is 71.5 Å². The van der Waals surface area contributed by atoms with E-state index >= 15 is 0 Å². The molecule has 0 aromatic carbocycles. The van der Waals surface area contributed by atoms with Crippen molar-refractivity contribution in [1.29, 1.82) is 0 Å². The lowest BCUT2D eigenvalue weighted by Gasteiger charge is -2.41. The molecule has 0 radical (unpaired) electrons. The van der Waals surface area contributed by atoms with Crippen LogP contribution in [-0.4, -0.2) is 51.0 Å². The smallest absolute Gasteiger partial charge is 0.272 e. The van der Waals surface area contributed by atoms with Gasteiger partial charge in [-0.25, -0.2) is 0 Å². The molecule has 1 aliphatic heterocycles. The van der Waals surface area contributed by atoms with Crippen LogP contribution < -0.4 is 10.6 Å². The van der Waals surface area contributed by atoms with Crippen molar-refractivity contribution in [1.82, 2.24) is 25.3 Å². The van der Waals surface area contributed by atoms with E-state index in [2.05, 4.69) is 15.7 Å². The van der Waals surface area contributed by atoms with Crippen LogP contribution in [0.3, 0.4) is 0 Å². The maximum atomic E-state index is 13.1. The van der Waals surface area contributed by atoms with Gasteiger partial charge in [-0.05, 0) is 38.8 Å². The predicted octanol–water partition coefficient (Wildman–Crippen LogP) is 2.01. The Bertz CT molecular complexity index is 1000. The molecule has 166 valence electrons. The number of aromatic nitrogens is 2. The molecule has 0 saturated heterocycles. The minimum Gasteiger partial charge on any atom is -0.465 e. The maximum Gasteiger partial charge on any atom is 0.272 e. The summed E-state index contributed by atoms with van der Waals surface area (Å²) in [5.74, 6) is 0.481. The molecule has 1 fully saturated rings. The van der Waals surface area contributed by atoms with Gasteiger partial charge >= 0.3 is 0 Å². The van der Waals surface area contributed by atoms with Crippen molar-refractivity contribution in [3.63, 3.8) is 0 Å². The molecule has 0 unspecified atom stereocenters. The van der Waals surface area contributed by atoms with Crippen molar-refractivity contribution in [2.45, 2.75) is 70.6 Å². The Morgan fingerprint density at radius 2 is 2.00 bits per heavy atom. The predicted molar refractivity (Wildman–Crippen MR) is 112 cm³/mol. The number of fused-ring (bicyclic) bond motifs is 1. The zero-order chi connectivity index (χ0) is 22.2. The Morgan fingerprint density at radius 1 is 1.26 bits per heavy atom. The molecule has 3 heterocycles. The summed E-state index contributed by atoms with van der Waals surface area (Å²) in [6, 6.07) is 5.24. The van der Waals surface area contributed by atoms with Gasteiger partial charge in [0.25, 0.3) is 11.8 Å². The highest BCUT2D eigenvalue weighted by atomic mass is 16.3. The first-order valence-electron chi connectivity index (χ1n) is 10.8. The summed E-state index contributed by atoms with van der Waals surface area (Å²) in [5, 5.41) is 10.2. The lowest BCUT2D eigenvalue weighted by molar-refractivity contribution is -0.133. The average molecular weight is 428 g/mol. The summed E-state index contributed by atoms with van der Waals surface area (Å²) in [6.45, 7) is 3.99. The van der Waals surface area contributed by atoms with Crippen molar-refractivity contribution < 1.29 is 18.8 Å². The molecule has 2 aromatic rings. The number of amides is 3. The monoisotopic (exact) mass is 427 g/mol. The van der Waals surface area contributed by atoms with E-state index in [4.69, 9.17) is 4.42 Å². The van der Waals surface area contributed by atoms with E-state index in [0.717, 1.165) is 31.4 Å². The molecule has 2 aliphatic rings. The van der Waals surface area contributed by atoms with Crippen LogP contribution in [0.2, 0.25) is 0 Å². The van der Waals surface area contributed by atoms with E-state index in [1.54, 1.807) is 20.0 Å². The fraction of sp³-hybridized carbons (Fsp3) is 0.545. The normalized spacial score (nSPS) is 21.6. The molecule has 2 aromatic heterocycles. The van der Waals surface area contributed by atoms with Gasteiger partial charge in [-0.1, -0.05) is 19.3 Å². The van der Waals surface area contributed by atoms with Gasteiger partial charge < -0.3 is 20.0 Å². The van der Waals surface area contributed by atoms with E-state index in [0.29, 0.717) is 11.5 Å². The number of furan rings is 1. The number of hydrogen-bond acceptors (Lipinski definition) is 5. The number of nitrogens with zero attached hydrogens (tertiary/aromatic N) is 3. The molecule has 4 rings (SSSR count). The molecule has 3 amide bonds. The Hall–Kier alpha value is -3.10. The van der Waals surface area contributed by atoms with Crippen molar-refractivity contribution in [2.75, 3.05) is 7.05 Å². The Kier molecular flexibility index (Phi) is 5.60. The minimum absolute atomic E-state index is 0.136. The lowest BCUT2D eigenvalue weighted by atomic mass is 9.92. The zero-order valence-electron chi connectivity index (χ0n) is 18.2. The van der Waals surface area contributed by atoms with E-state index in [1.165, 1.54) is 22.1 Å². The zero-order valence-corrected chi connectivity index (χ0v) is 18.2. The van der Waals surface area contributed by atoms with Crippen LogP contribution in [0.15, 0.2) is 22.6 Å². The van der Waals surface area contributed by atoms with Crippen molar-refractivity contribution in [3.05, 3.63) is 41.1 Å². The highest BCUT2D eigenvalue weighted by Crippen LogP contribution is 2.27. The van der Waals surface area contributed by atoms with E-state index in [-0.39, 0.29) is 36.6 Å². The van der Waals surface area contributed by atoms with Gasteiger partial charge in [0.15, 0.2) is 5.69 Å². The second-order valence-electron chi connectivity index (χ2n) is 8.71. The lowest BCUT2D eigenvalue weighted by Crippen LogP contribution is -2.63. The van der Waals surface area contributed by atoms with E-state index in [1.807, 2.05) is 13.0 Å². The first-order valence-corrected chi connectivity index (χ1v) is 10.8. The van der Waals surface area contributed by atoms with Crippen molar-refractivity contribution >= 4 is 17.7 Å². The molecule has 0 spiro atoms. The van der Waals surface area contributed by atoms with Crippen LogP contribution >= 0.6 is 0 Å². The Morgan fingerprint density at radius 3 is 2.68 bits per heavy atom. The summed E-state index contributed by atoms with van der Waals surface area (Å²) in [6.07, 6.45) is 5.34. The third-order valence-corrected chi connectivity index (χ3v) is 6.38. The molecule has 1 saturated carbocycles. The van der Waals surface area contributed by atoms with Crippen LogP contribution in [0.25, 0.3) is 0 Å². The number of likely N-dealkylation sites (N-methyl/N-ethyl adjacent to an activating group) is 1. The average Bonchev–Trinajstić information content (AvgIpc) is 3.37. The number of carbonyl (C=O) groups excluding carboxylic acids is 3. The number of hydrogen-bond donors (Lipinski definition) is 2. The quantitative estimate of drug-likeness (QED) is 0.759. The fourth-order valence-electron chi connectivity index (χ4n) is 4.26. The van der Waals surface area contributed by atoms with Gasteiger partial charge in [0.2, 0.25) is 5.91 Å². The number of rotatable bonds is 5. The second kappa shape index (κ2) is 8.20. The van der Waals surface area contributed by atoms with E-state index < -0.39 is 11.4 Å². The second-order valence-corrected chi connectivity index (χ2v) is 8.71. The molecule has 31 heavy (non-hydrogen) atoms. The van der Waals surface area contributed by atoms with Crippen LogP contribution in [0, 0.1) is 6.92 Å². The molecule has 1 aliphatic carbocycles. The molecule has 9 nitrogen and oxygen atoms in total. The number of nitrogens with one attached hydrogen (secondary N) is 2. The SMILES string of the molecule is Cc1ccc(CNC(=O)c2cc3n(n2)C[C@](C)(C(=O)NC2CCCCC2)N(C)C3=O)o1. The standard InChI is InChI=1S/C22H29N5O4/c1-14-9-10-16(31-14)12-23-19(28)17-11-18-20(29)26(3)22(2,13-27(18)25-17)21(30)24-15-7-5-4-6-8-15/h9-11,15H,4-8,12-13H2,1-3H3,(H,23,28)(H,24,30)/t22-/m1/s1. The first kappa shape index (κ1) is 21.1. The van der Waals surface area contributed by atoms with Gasteiger partial charge in [0.05, 0.1) is 13.1 Å². The highest BCUT2D eigenvalue weighted by Gasteiger charge is 2.46. The van der Waals surface area contributed by atoms with Crippen molar-refractivity contribution in [2.24, 2.45) is 0 Å². The third-order valence-electron chi connectivity index (χ3n) is 6.38. The maximum absolute atomic E-state index is 13.1. The summed E-state index contributed by atoms with van der Waals surface area (Å²) < 4.78 is 6.92. The third kappa shape index (κ3) is 4.08. The Balaban J connectivity index is 1.48.